The van der Waals surface area contributed by atoms with Gasteiger partial charge in [0.15, 0.2) is 6.10 Å². The van der Waals surface area contributed by atoms with Crippen LogP contribution in [0.3, 0.4) is 0 Å². The highest BCUT2D eigenvalue weighted by Gasteiger charge is 2.47. The van der Waals surface area contributed by atoms with Crippen molar-refractivity contribution in [3.63, 3.8) is 0 Å². The van der Waals surface area contributed by atoms with Crippen molar-refractivity contribution >= 4 is 17.7 Å². The molecule has 0 N–H and O–H groups in total. The summed E-state index contributed by atoms with van der Waals surface area (Å²) in [5, 5.41) is 0. The van der Waals surface area contributed by atoms with E-state index >= 15 is 0 Å². The molecular formula is C20H21NO4. The van der Waals surface area contributed by atoms with Gasteiger partial charge in [-0.3, -0.25) is 9.69 Å². The first-order chi connectivity index (χ1) is 12.2. The van der Waals surface area contributed by atoms with Gasteiger partial charge in [-0.15, -0.1) is 0 Å². The predicted octanol–water partition coefficient (Wildman–Crippen LogP) is 3.11. The second kappa shape index (κ2) is 7.96. The molecule has 0 bridgehead atoms. The van der Waals surface area contributed by atoms with Crippen LogP contribution in [0.25, 0.3) is 6.08 Å². The Morgan fingerprint density at radius 3 is 2.40 bits per heavy atom. The molecule has 0 unspecified atom stereocenters. The van der Waals surface area contributed by atoms with E-state index in [1.165, 1.54) is 0 Å². The van der Waals surface area contributed by atoms with Gasteiger partial charge in [0, 0.05) is 12.8 Å². The van der Waals surface area contributed by atoms with Crippen molar-refractivity contribution in [1.29, 1.82) is 0 Å². The number of hydrogen-bond donors (Lipinski definition) is 0. The van der Waals surface area contributed by atoms with Crippen molar-refractivity contribution in [3.05, 3.63) is 66.2 Å². The molecule has 2 atom stereocenters. The zero-order chi connectivity index (χ0) is 17.6. The van der Waals surface area contributed by atoms with Crippen molar-refractivity contribution in [1.82, 2.24) is 0 Å². The maximum absolute atomic E-state index is 12.5. The lowest BCUT2D eigenvalue weighted by Gasteiger charge is -2.45. The summed E-state index contributed by atoms with van der Waals surface area (Å²) < 4.78 is 15.7. The third kappa shape index (κ3) is 3.73. The number of nitrogens with zero attached hydrogens (tertiary/aromatic N) is 1. The van der Waals surface area contributed by atoms with Gasteiger partial charge in [0.1, 0.15) is 12.5 Å². The summed E-state index contributed by atoms with van der Waals surface area (Å²) in [6, 6.07) is 17.2. The number of rotatable bonds is 7. The van der Waals surface area contributed by atoms with E-state index in [4.69, 9.17) is 14.2 Å². The summed E-state index contributed by atoms with van der Waals surface area (Å²) in [5.74, 6) is 0.671. The lowest BCUT2D eigenvalue weighted by molar-refractivity contribution is -0.151. The first kappa shape index (κ1) is 17.2. The van der Waals surface area contributed by atoms with Gasteiger partial charge in [-0.05, 0) is 29.8 Å². The van der Waals surface area contributed by atoms with Gasteiger partial charge in [-0.2, -0.15) is 0 Å². The average molecular weight is 339 g/mol. The van der Waals surface area contributed by atoms with Crippen LogP contribution in [0.5, 0.6) is 5.75 Å². The van der Waals surface area contributed by atoms with Crippen LogP contribution in [0.4, 0.5) is 5.69 Å². The number of ether oxygens (including phenoxy) is 3. The van der Waals surface area contributed by atoms with E-state index in [1.807, 2.05) is 66.7 Å². The van der Waals surface area contributed by atoms with E-state index in [0.29, 0.717) is 0 Å². The highest BCUT2D eigenvalue weighted by atomic mass is 16.7. The van der Waals surface area contributed by atoms with Crippen LogP contribution >= 0.6 is 0 Å². The zero-order valence-corrected chi connectivity index (χ0v) is 14.3. The highest BCUT2D eigenvalue weighted by Crippen LogP contribution is 2.32. The second-order valence-corrected chi connectivity index (χ2v) is 5.66. The Balaban J connectivity index is 1.82. The Labute approximate surface area is 147 Å². The molecule has 5 heteroatoms. The number of methoxy groups -OCH3 is 2. The predicted molar refractivity (Wildman–Crippen MR) is 96.5 cm³/mol. The molecule has 1 amide bonds. The molecule has 0 radical (unpaired) electrons. The van der Waals surface area contributed by atoms with Gasteiger partial charge in [0.25, 0.3) is 5.91 Å². The summed E-state index contributed by atoms with van der Waals surface area (Å²) in [6.07, 6.45) is 3.44. The standard InChI is InChI=1S/C20H21NO4/c1-23-14-25-19-18(13-8-15-6-4-3-5-7-15)21(20(19)22)16-9-11-17(24-2)12-10-16/h3-13,18-19H,14H2,1-2H3/b13-8+/t18-,19+/m0/s1. The SMILES string of the molecule is COCO[C@H]1C(=O)N(c2ccc(OC)cc2)[C@H]1/C=C/c1ccccc1. The van der Waals surface area contributed by atoms with Crippen LogP contribution < -0.4 is 9.64 Å². The van der Waals surface area contributed by atoms with Gasteiger partial charge < -0.3 is 14.2 Å². The van der Waals surface area contributed by atoms with E-state index in [9.17, 15) is 4.79 Å². The summed E-state index contributed by atoms with van der Waals surface area (Å²) >= 11 is 0. The number of amides is 1. The van der Waals surface area contributed by atoms with Crippen molar-refractivity contribution in [2.45, 2.75) is 12.1 Å². The van der Waals surface area contributed by atoms with Crippen molar-refractivity contribution in [3.8, 4) is 5.75 Å². The summed E-state index contributed by atoms with van der Waals surface area (Å²) in [5.41, 5.74) is 1.88. The molecule has 130 valence electrons. The lowest BCUT2D eigenvalue weighted by atomic mass is 9.95. The van der Waals surface area contributed by atoms with Gasteiger partial charge >= 0.3 is 0 Å². The maximum Gasteiger partial charge on any atom is 0.259 e. The number of β-lactam (4-membered cyclic amide) rings is 1. The Morgan fingerprint density at radius 2 is 1.76 bits per heavy atom. The van der Waals surface area contributed by atoms with Gasteiger partial charge in [-0.25, -0.2) is 0 Å². The van der Waals surface area contributed by atoms with E-state index < -0.39 is 6.10 Å². The lowest BCUT2D eigenvalue weighted by Crippen LogP contribution is -2.65. The molecule has 1 heterocycles. The molecule has 25 heavy (non-hydrogen) atoms. The zero-order valence-electron chi connectivity index (χ0n) is 14.3. The minimum atomic E-state index is -0.540. The van der Waals surface area contributed by atoms with E-state index in [1.54, 1.807) is 19.1 Å². The Morgan fingerprint density at radius 1 is 1.04 bits per heavy atom. The fraction of sp³-hybridized carbons (Fsp3) is 0.250. The van der Waals surface area contributed by atoms with Gasteiger partial charge in [-0.1, -0.05) is 42.5 Å². The van der Waals surface area contributed by atoms with Crippen LogP contribution in [-0.2, 0) is 14.3 Å². The monoisotopic (exact) mass is 339 g/mol. The second-order valence-electron chi connectivity index (χ2n) is 5.66. The molecular weight excluding hydrogens is 318 g/mol. The maximum atomic E-state index is 12.5. The largest absolute Gasteiger partial charge is 0.497 e. The minimum absolute atomic E-state index is 0.0788. The number of hydrogen-bond acceptors (Lipinski definition) is 4. The first-order valence-electron chi connectivity index (χ1n) is 8.05. The van der Waals surface area contributed by atoms with Crippen LogP contribution in [-0.4, -0.2) is 39.1 Å². The van der Waals surface area contributed by atoms with E-state index in [0.717, 1.165) is 17.0 Å². The van der Waals surface area contributed by atoms with E-state index in [-0.39, 0.29) is 18.7 Å². The summed E-state index contributed by atoms with van der Waals surface area (Å²) in [7, 11) is 3.16. The summed E-state index contributed by atoms with van der Waals surface area (Å²) in [4.78, 5) is 14.2. The van der Waals surface area contributed by atoms with Crippen molar-refractivity contribution in [2.75, 3.05) is 25.9 Å². The highest BCUT2D eigenvalue weighted by molar-refractivity contribution is 6.05. The Bertz CT molecular complexity index is 727. The number of benzene rings is 2. The van der Waals surface area contributed by atoms with Crippen LogP contribution in [0.2, 0.25) is 0 Å². The molecule has 1 saturated heterocycles. The Hall–Kier alpha value is -2.63. The molecule has 0 saturated carbocycles. The molecule has 2 aromatic carbocycles. The summed E-state index contributed by atoms with van der Waals surface area (Å²) in [6.45, 7) is 0.0858. The number of carbonyl (C=O) groups excluding carboxylic acids is 1. The average Bonchev–Trinajstić information content (AvgIpc) is 2.66. The smallest absolute Gasteiger partial charge is 0.259 e. The van der Waals surface area contributed by atoms with E-state index in [2.05, 4.69) is 0 Å². The third-order valence-corrected chi connectivity index (χ3v) is 4.09. The fourth-order valence-corrected chi connectivity index (χ4v) is 2.80. The third-order valence-electron chi connectivity index (χ3n) is 4.09. The molecule has 5 nitrogen and oxygen atoms in total. The first-order valence-corrected chi connectivity index (χ1v) is 8.05. The molecule has 0 aromatic heterocycles. The van der Waals surface area contributed by atoms with Crippen LogP contribution in [0.15, 0.2) is 60.7 Å². The van der Waals surface area contributed by atoms with Crippen molar-refractivity contribution in [2.24, 2.45) is 0 Å². The normalized spacial score (nSPS) is 19.9. The number of carbonyl (C=O) groups is 1. The molecule has 1 fully saturated rings. The van der Waals surface area contributed by atoms with Crippen LogP contribution in [0, 0.1) is 0 Å². The fourth-order valence-electron chi connectivity index (χ4n) is 2.80. The van der Waals surface area contributed by atoms with Crippen molar-refractivity contribution < 1.29 is 19.0 Å². The topological polar surface area (TPSA) is 48.0 Å². The molecule has 3 rings (SSSR count). The minimum Gasteiger partial charge on any atom is -0.497 e. The van der Waals surface area contributed by atoms with Gasteiger partial charge in [0.05, 0.1) is 13.2 Å². The number of anilines is 1. The quantitative estimate of drug-likeness (QED) is 0.574. The Kier molecular flexibility index (Phi) is 5.48. The van der Waals surface area contributed by atoms with Crippen LogP contribution in [0.1, 0.15) is 5.56 Å². The van der Waals surface area contributed by atoms with Gasteiger partial charge in [0.2, 0.25) is 0 Å². The molecule has 1 aliphatic rings. The molecule has 0 spiro atoms. The molecule has 2 aromatic rings. The molecule has 1 aliphatic heterocycles. The molecule has 0 aliphatic carbocycles.